The highest BCUT2D eigenvalue weighted by atomic mass is 32.1. The average Bonchev–Trinajstić information content (AvgIpc) is 2.56. The number of thiocarbonyl (C=S) groups is 1. The van der Waals surface area contributed by atoms with Gasteiger partial charge in [0.1, 0.15) is 5.69 Å². The molecule has 0 bridgehead atoms. The van der Waals surface area contributed by atoms with E-state index in [1.165, 1.54) is 6.20 Å². The van der Waals surface area contributed by atoms with Crippen LogP contribution in [0.1, 0.15) is 5.69 Å². The van der Waals surface area contributed by atoms with Crippen LogP contribution in [0.4, 0.5) is 0 Å². The van der Waals surface area contributed by atoms with Crippen molar-refractivity contribution in [3.63, 3.8) is 0 Å². The number of aromatic amines is 1. The van der Waals surface area contributed by atoms with Crippen molar-refractivity contribution in [2.24, 2.45) is 0 Å². The van der Waals surface area contributed by atoms with Crippen LogP contribution in [0.5, 0.6) is 0 Å². The summed E-state index contributed by atoms with van der Waals surface area (Å²) < 4.78 is 0. The second kappa shape index (κ2) is 4.58. The maximum absolute atomic E-state index is 4.89. The van der Waals surface area contributed by atoms with E-state index in [1.807, 2.05) is 0 Å². The van der Waals surface area contributed by atoms with Crippen LogP contribution in [0.25, 0.3) is 0 Å². The molecule has 1 heterocycles. The number of hydrogen-bond donors (Lipinski definition) is 2. The third kappa shape index (κ3) is 2.40. The molecule has 0 spiro atoms. The standard InChI is InChI=1S/C6H8N4OS/c1-2-3-11-9-6(12)5-4-7-10-8-5/h2,4H,1,3H2,(H,9,12)(H,7,8,10). The Labute approximate surface area is 74.8 Å². The van der Waals surface area contributed by atoms with Crippen molar-refractivity contribution < 1.29 is 4.84 Å². The Hall–Kier alpha value is -1.27. The van der Waals surface area contributed by atoms with Gasteiger partial charge in [-0.15, -0.1) is 6.58 Å². The van der Waals surface area contributed by atoms with E-state index in [0.717, 1.165) is 0 Å². The predicted molar refractivity (Wildman–Crippen MR) is 47.4 cm³/mol. The van der Waals surface area contributed by atoms with Gasteiger partial charge in [-0.2, -0.15) is 15.4 Å². The average molecular weight is 184 g/mol. The fourth-order valence-electron chi connectivity index (χ4n) is 0.529. The van der Waals surface area contributed by atoms with E-state index < -0.39 is 0 Å². The lowest BCUT2D eigenvalue weighted by atomic mass is 10.5. The quantitative estimate of drug-likeness (QED) is 0.302. The molecule has 0 saturated heterocycles. The van der Waals surface area contributed by atoms with Crippen LogP contribution >= 0.6 is 12.2 Å². The molecule has 1 rings (SSSR count). The van der Waals surface area contributed by atoms with Gasteiger partial charge in [0.15, 0.2) is 4.99 Å². The zero-order chi connectivity index (χ0) is 8.81. The van der Waals surface area contributed by atoms with Crippen LogP contribution in [-0.2, 0) is 4.84 Å². The summed E-state index contributed by atoms with van der Waals surface area (Å²) in [6, 6.07) is 0. The summed E-state index contributed by atoms with van der Waals surface area (Å²) in [5, 5.41) is 9.78. The first-order valence-corrected chi connectivity index (χ1v) is 3.64. The molecule has 0 fully saturated rings. The largest absolute Gasteiger partial charge is 0.271 e. The third-order valence-electron chi connectivity index (χ3n) is 1.01. The highest BCUT2D eigenvalue weighted by Crippen LogP contribution is 1.89. The van der Waals surface area contributed by atoms with Gasteiger partial charge in [-0.25, -0.2) is 0 Å². The second-order valence-corrected chi connectivity index (χ2v) is 2.29. The number of nitrogens with zero attached hydrogens (tertiary/aromatic N) is 2. The Balaban J connectivity index is 2.34. The Bertz CT molecular complexity index is 259. The lowest BCUT2D eigenvalue weighted by Gasteiger charge is -2.01. The van der Waals surface area contributed by atoms with Gasteiger partial charge in [-0.1, -0.05) is 18.3 Å². The highest BCUT2D eigenvalue weighted by molar-refractivity contribution is 7.80. The van der Waals surface area contributed by atoms with Gasteiger partial charge in [0.25, 0.3) is 0 Å². The minimum atomic E-state index is 0.387. The summed E-state index contributed by atoms with van der Waals surface area (Å²) in [7, 11) is 0. The number of aromatic nitrogens is 3. The van der Waals surface area contributed by atoms with Gasteiger partial charge < -0.3 is 0 Å². The van der Waals surface area contributed by atoms with E-state index in [4.69, 9.17) is 17.1 Å². The zero-order valence-corrected chi connectivity index (χ0v) is 7.10. The molecule has 0 saturated carbocycles. The SMILES string of the molecule is C=CCONC(=S)c1cn[nH]n1. The number of H-pyrrole nitrogens is 1. The second-order valence-electron chi connectivity index (χ2n) is 1.89. The molecule has 1 aromatic heterocycles. The molecule has 0 aliphatic carbocycles. The smallest absolute Gasteiger partial charge is 0.152 e. The van der Waals surface area contributed by atoms with E-state index in [2.05, 4.69) is 27.5 Å². The van der Waals surface area contributed by atoms with Crippen molar-refractivity contribution in [1.82, 2.24) is 20.9 Å². The number of hydrogen-bond acceptors (Lipinski definition) is 4. The van der Waals surface area contributed by atoms with Crippen LogP contribution < -0.4 is 5.48 Å². The fraction of sp³-hybridized carbons (Fsp3) is 0.167. The summed E-state index contributed by atoms with van der Waals surface area (Å²) in [4.78, 5) is 5.27. The molecular weight excluding hydrogens is 176 g/mol. The summed E-state index contributed by atoms with van der Waals surface area (Å²) in [5.41, 5.74) is 3.07. The molecule has 2 N–H and O–H groups in total. The number of hydroxylamine groups is 1. The number of nitrogens with one attached hydrogen (secondary N) is 2. The summed E-state index contributed by atoms with van der Waals surface area (Å²) in [6.07, 6.45) is 3.12. The van der Waals surface area contributed by atoms with Crippen molar-refractivity contribution >= 4 is 17.2 Å². The van der Waals surface area contributed by atoms with E-state index in [1.54, 1.807) is 6.08 Å². The van der Waals surface area contributed by atoms with E-state index in [0.29, 0.717) is 17.3 Å². The number of rotatable bonds is 4. The zero-order valence-electron chi connectivity index (χ0n) is 6.28. The molecule has 1 aromatic rings. The fourth-order valence-corrected chi connectivity index (χ4v) is 0.687. The first kappa shape index (κ1) is 8.82. The van der Waals surface area contributed by atoms with Gasteiger partial charge in [-0.05, 0) is 0 Å². The highest BCUT2D eigenvalue weighted by Gasteiger charge is 2.01. The maximum Gasteiger partial charge on any atom is 0.152 e. The molecule has 0 radical (unpaired) electrons. The minimum absolute atomic E-state index is 0.387. The summed E-state index contributed by atoms with van der Waals surface area (Å²) >= 11 is 4.89. The first-order chi connectivity index (χ1) is 5.84. The predicted octanol–water partition coefficient (Wildman–Crippen LogP) is 0.187. The van der Waals surface area contributed by atoms with Crippen LogP contribution in [0, 0.1) is 0 Å². The maximum atomic E-state index is 4.89. The third-order valence-corrected chi connectivity index (χ3v) is 1.31. The van der Waals surface area contributed by atoms with Gasteiger partial charge in [0.2, 0.25) is 0 Å². The molecule has 0 aliphatic heterocycles. The van der Waals surface area contributed by atoms with Crippen molar-refractivity contribution in [2.75, 3.05) is 6.61 Å². The van der Waals surface area contributed by atoms with Crippen molar-refractivity contribution in [3.05, 3.63) is 24.5 Å². The molecule has 0 aliphatic rings. The molecule has 6 heteroatoms. The molecule has 12 heavy (non-hydrogen) atoms. The molecule has 0 aromatic carbocycles. The van der Waals surface area contributed by atoms with Crippen molar-refractivity contribution in [2.45, 2.75) is 0 Å². The molecule has 0 atom stereocenters. The summed E-state index contributed by atoms with van der Waals surface area (Å²) in [5.74, 6) is 0. The summed E-state index contributed by atoms with van der Waals surface area (Å²) in [6.45, 7) is 3.86. The van der Waals surface area contributed by atoms with Crippen LogP contribution in [0.15, 0.2) is 18.9 Å². The van der Waals surface area contributed by atoms with Gasteiger partial charge in [0.05, 0.1) is 12.8 Å². The Kier molecular flexibility index (Phi) is 3.36. The molecule has 64 valence electrons. The molecule has 0 unspecified atom stereocenters. The van der Waals surface area contributed by atoms with E-state index in [-0.39, 0.29) is 0 Å². The Morgan fingerprint density at radius 2 is 2.75 bits per heavy atom. The van der Waals surface area contributed by atoms with Crippen LogP contribution in [0.2, 0.25) is 0 Å². The molecular formula is C6H8N4OS. The topological polar surface area (TPSA) is 62.8 Å². The lowest BCUT2D eigenvalue weighted by molar-refractivity contribution is 0.113. The monoisotopic (exact) mass is 184 g/mol. The van der Waals surface area contributed by atoms with E-state index >= 15 is 0 Å². The van der Waals surface area contributed by atoms with Crippen molar-refractivity contribution in [1.29, 1.82) is 0 Å². The molecule has 5 nitrogen and oxygen atoms in total. The minimum Gasteiger partial charge on any atom is -0.271 e. The Morgan fingerprint density at radius 1 is 1.92 bits per heavy atom. The van der Waals surface area contributed by atoms with E-state index in [9.17, 15) is 0 Å². The Morgan fingerprint density at radius 3 is 3.33 bits per heavy atom. The normalized spacial score (nSPS) is 9.33. The van der Waals surface area contributed by atoms with Crippen LogP contribution in [0.3, 0.4) is 0 Å². The van der Waals surface area contributed by atoms with Gasteiger partial charge in [-0.3, -0.25) is 10.3 Å². The van der Waals surface area contributed by atoms with Gasteiger partial charge >= 0.3 is 0 Å². The first-order valence-electron chi connectivity index (χ1n) is 3.23. The lowest BCUT2D eigenvalue weighted by Crippen LogP contribution is -2.23. The van der Waals surface area contributed by atoms with Gasteiger partial charge in [0, 0.05) is 0 Å². The van der Waals surface area contributed by atoms with Crippen LogP contribution in [-0.4, -0.2) is 27.0 Å². The molecule has 0 amide bonds. The van der Waals surface area contributed by atoms with Crippen molar-refractivity contribution in [3.8, 4) is 0 Å².